The van der Waals surface area contributed by atoms with E-state index in [0.717, 1.165) is 16.8 Å². The highest BCUT2D eigenvalue weighted by atomic mass is 16.4. The van der Waals surface area contributed by atoms with Gasteiger partial charge in [0.05, 0.1) is 17.8 Å². The van der Waals surface area contributed by atoms with E-state index in [4.69, 9.17) is 0 Å². The van der Waals surface area contributed by atoms with Crippen LogP contribution in [0.2, 0.25) is 0 Å². The van der Waals surface area contributed by atoms with E-state index >= 15 is 0 Å². The number of nitrogens with one attached hydrogen (secondary N) is 2. The third kappa shape index (κ3) is 6.28. The summed E-state index contributed by atoms with van der Waals surface area (Å²) < 4.78 is 0. The van der Waals surface area contributed by atoms with Gasteiger partial charge in [-0.25, -0.2) is 4.79 Å². The van der Waals surface area contributed by atoms with Crippen LogP contribution < -0.4 is 15.5 Å². The maximum atomic E-state index is 12.5. The molecule has 4 rings (SSSR count). The van der Waals surface area contributed by atoms with Crippen molar-refractivity contribution in [3.8, 4) is 0 Å². The summed E-state index contributed by atoms with van der Waals surface area (Å²) in [7, 11) is 0. The van der Waals surface area contributed by atoms with Gasteiger partial charge >= 0.3 is 5.97 Å². The molecule has 3 N–H and O–H groups in total. The molecule has 3 aromatic carbocycles. The topological polar surface area (TPSA) is 102 Å². The molecule has 1 heterocycles. The van der Waals surface area contributed by atoms with Crippen LogP contribution in [0.25, 0.3) is 0 Å². The minimum absolute atomic E-state index is 0.0767. The Kier molecular flexibility index (Phi) is 7.65. The lowest BCUT2D eigenvalue weighted by atomic mass is 10.1. The van der Waals surface area contributed by atoms with Gasteiger partial charge < -0.3 is 20.6 Å². The standard InChI is InChI=1S/C28H30N4O4/c1-19-3-7-21(8-4-19)27(34)30-23-11-12-25(24(17-23)28(35)36)32-15-13-31(14-16-32)18-26(33)29-22-9-5-20(2)6-10-22/h3-12,17H,13-16,18H2,1-2H3,(H,29,33)(H,30,34)(H,35,36). The minimum atomic E-state index is -1.06. The first-order valence-electron chi connectivity index (χ1n) is 11.9. The summed E-state index contributed by atoms with van der Waals surface area (Å²) in [5.74, 6) is -1.43. The average Bonchev–Trinajstić information content (AvgIpc) is 2.86. The van der Waals surface area contributed by atoms with Gasteiger partial charge in [0.25, 0.3) is 5.91 Å². The first kappa shape index (κ1) is 24.9. The van der Waals surface area contributed by atoms with E-state index in [2.05, 4.69) is 15.5 Å². The second kappa shape index (κ2) is 11.0. The maximum absolute atomic E-state index is 12.5. The van der Waals surface area contributed by atoms with Crippen molar-refractivity contribution in [2.24, 2.45) is 0 Å². The van der Waals surface area contributed by atoms with Gasteiger partial charge in [0.2, 0.25) is 5.91 Å². The van der Waals surface area contributed by atoms with Gasteiger partial charge in [0.15, 0.2) is 0 Å². The highest BCUT2D eigenvalue weighted by molar-refractivity contribution is 6.05. The van der Waals surface area contributed by atoms with E-state index < -0.39 is 5.97 Å². The van der Waals surface area contributed by atoms with Crippen LogP contribution in [-0.4, -0.2) is 60.5 Å². The molecule has 1 saturated heterocycles. The van der Waals surface area contributed by atoms with Crippen LogP contribution >= 0.6 is 0 Å². The molecule has 0 spiro atoms. The molecule has 0 saturated carbocycles. The van der Waals surface area contributed by atoms with Gasteiger partial charge in [-0.15, -0.1) is 0 Å². The van der Waals surface area contributed by atoms with Gasteiger partial charge in [-0.05, 0) is 56.3 Å². The van der Waals surface area contributed by atoms with E-state index in [-0.39, 0.29) is 23.9 Å². The van der Waals surface area contributed by atoms with Crippen LogP contribution in [0, 0.1) is 13.8 Å². The zero-order chi connectivity index (χ0) is 25.7. The number of aryl methyl sites for hydroxylation is 2. The van der Waals surface area contributed by atoms with Crippen LogP contribution in [0.3, 0.4) is 0 Å². The highest BCUT2D eigenvalue weighted by Gasteiger charge is 2.23. The molecule has 1 aliphatic rings. The van der Waals surface area contributed by atoms with Crippen molar-refractivity contribution in [2.75, 3.05) is 48.3 Å². The van der Waals surface area contributed by atoms with Crippen LogP contribution in [0.1, 0.15) is 31.8 Å². The Morgan fingerprint density at radius 1 is 0.778 bits per heavy atom. The number of hydrogen-bond acceptors (Lipinski definition) is 5. The van der Waals surface area contributed by atoms with Crippen molar-refractivity contribution in [3.05, 3.63) is 89.0 Å². The second-order valence-corrected chi connectivity index (χ2v) is 9.03. The molecule has 0 atom stereocenters. The number of carbonyl (C=O) groups is 3. The van der Waals surface area contributed by atoms with Gasteiger partial charge in [0, 0.05) is 43.1 Å². The number of carboxylic acids is 1. The molecule has 1 fully saturated rings. The fraction of sp³-hybridized carbons (Fsp3) is 0.250. The quantitative estimate of drug-likeness (QED) is 0.466. The predicted molar refractivity (Wildman–Crippen MR) is 141 cm³/mol. The van der Waals surface area contributed by atoms with Crippen LogP contribution in [0.15, 0.2) is 66.7 Å². The molecular weight excluding hydrogens is 456 g/mol. The van der Waals surface area contributed by atoms with E-state index in [1.165, 1.54) is 6.07 Å². The monoisotopic (exact) mass is 486 g/mol. The lowest BCUT2D eigenvalue weighted by molar-refractivity contribution is -0.117. The molecule has 2 amide bonds. The zero-order valence-corrected chi connectivity index (χ0v) is 20.5. The zero-order valence-electron chi connectivity index (χ0n) is 20.5. The Morgan fingerprint density at radius 3 is 1.97 bits per heavy atom. The normalized spacial score (nSPS) is 13.8. The Bertz CT molecular complexity index is 1250. The van der Waals surface area contributed by atoms with Crippen LogP contribution in [0.5, 0.6) is 0 Å². The second-order valence-electron chi connectivity index (χ2n) is 9.03. The van der Waals surface area contributed by atoms with Gasteiger partial charge in [-0.2, -0.15) is 0 Å². The molecule has 0 radical (unpaired) electrons. The average molecular weight is 487 g/mol. The number of benzene rings is 3. The molecule has 0 bridgehead atoms. The lowest BCUT2D eigenvalue weighted by Gasteiger charge is -2.36. The summed E-state index contributed by atoms with van der Waals surface area (Å²) in [5, 5.41) is 15.5. The van der Waals surface area contributed by atoms with Crippen molar-refractivity contribution in [2.45, 2.75) is 13.8 Å². The van der Waals surface area contributed by atoms with Crippen molar-refractivity contribution >= 4 is 34.8 Å². The Hall–Kier alpha value is -4.17. The maximum Gasteiger partial charge on any atom is 0.337 e. The number of amides is 2. The van der Waals surface area contributed by atoms with Crippen LogP contribution in [-0.2, 0) is 4.79 Å². The predicted octanol–water partition coefficient (Wildman–Crippen LogP) is 4.01. The number of nitrogens with zero attached hydrogens (tertiary/aromatic N) is 2. The smallest absolute Gasteiger partial charge is 0.337 e. The number of hydrogen-bond donors (Lipinski definition) is 3. The molecule has 186 valence electrons. The highest BCUT2D eigenvalue weighted by Crippen LogP contribution is 2.26. The molecule has 1 aliphatic heterocycles. The van der Waals surface area contributed by atoms with E-state index in [9.17, 15) is 19.5 Å². The Morgan fingerprint density at radius 2 is 1.36 bits per heavy atom. The largest absolute Gasteiger partial charge is 0.478 e. The van der Waals surface area contributed by atoms with Crippen LogP contribution in [0.4, 0.5) is 17.1 Å². The molecule has 0 aromatic heterocycles. The molecule has 0 aliphatic carbocycles. The first-order chi connectivity index (χ1) is 17.3. The lowest BCUT2D eigenvalue weighted by Crippen LogP contribution is -2.49. The van der Waals surface area contributed by atoms with Crippen molar-refractivity contribution in [1.29, 1.82) is 0 Å². The number of aromatic carboxylic acids is 1. The summed E-state index contributed by atoms with van der Waals surface area (Å²) >= 11 is 0. The van der Waals surface area contributed by atoms with Crippen molar-refractivity contribution in [3.63, 3.8) is 0 Å². The number of piperazine rings is 1. The number of anilines is 3. The van der Waals surface area contributed by atoms with E-state index in [1.807, 2.05) is 55.1 Å². The summed E-state index contributed by atoms with van der Waals surface area (Å²) in [4.78, 5) is 41.0. The third-order valence-corrected chi connectivity index (χ3v) is 6.21. The summed E-state index contributed by atoms with van der Waals surface area (Å²) in [6.07, 6.45) is 0. The first-order valence-corrected chi connectivity index (χ1v) is 11.9. The van der Waals surface area contributed by atoms with Gasteiger partial charge in [-0.3, -0.25) is 14.5 Å². The molecule has 3 aromatic rings. The minimum Gasteiger partial charge on any atom is -0.478 e. The summed E-state index contributed by atoms with van der Waals surface area (Å²) in [6, 6.07) is 19.8. The van der Waals surface area contributed by atoms with E-state index in [0.29, 0.717) is 43.1 Å². The van der Waals surface area contributed by atoms with Crippen molar-refractivity contribution in [1.82, 2.24) is 4.90 Å². The fourth-order valence-electron chi connectivity index (χ4n) is 4.16. The van der Waals surface area contributed by atoms with E-state index in [1.54, 1.807) is 24.3 Å². The number of carboxylic acid groups (broad SMARTS) is 1. The number of rotatable bonds is 7. The Balaban J connectivity index is 1.36. The third-order valence-electron chi connectivity index (χ3n) is 6.21. The van der Waals surface area contributed by atoms with Crippen molar-refractivity contribution < 1.29 is 19.5 Å². The van der Waals surface area contributed by atoms with Gasteiger partial charge in [0.1, 0.15) is 0 Å². The fourth-order valence-corrected chi connectivity index (χ4v) is 4.16. The Labute approximate surface area is 210 Å². The number of carbonyl (C=O) groups excluding carboxylic acids is 2. The molecule has 0 unspecified atom stereocenters. The summed E-state index contributed by atoms with van der Waals surface area (Å²) in [6.45, 7) is 6.66. The SMILES string of the molecule is Cc1ccc(NC(=O)CN2CCN(c3ccc(NC(=O)c4ccc(C)cc4)cc3C(=O)O)CC2)cc1. The molecule has 36 heavy (non-hydrogen) atoms. The molecule has 8 heteroatoms. The van der Waals surface area contributed by atoms with Gasteiger partial charge in [-0.1, -0.05) is 35.4 Å². The summed E-state index contributed by atoms with van der Waals surface area (Å²) in [5.41, 5.74) is 4.60. The molecular formula is C28H30N4O4. The molecule has 8 nitrogen and oxygen atoms in total.